The number of nitrogens with zero attached hydrogens (tertiary/aromatic N) is 3. The summed E-state index contributed by atoms with van der Waals surface area (Å²) >= 11 is 0.896. The molecular weight excluding hydrogens is 615 g/mol. The number of aromatic nitrogens is 3. The molecule has 0 radical (unpaired) electrons. The van der Waals surface area contributed by atoms with Crippen molar-refractivity contribution >= 4 is 31.5 Å². The maximum absolute atomic E-state index is 9.68. The molecule has 0 N–H and O–H groups in total. The fourth-order valence-corrected chi connectivity index (χ4v) is 6.97. The highest BCUT2D eigenvalue weighted by molar-refractivity contribution is 7.26. The van der Waals surface area contributed by atoms with E-state index in [-0.39, 0.29) is 66.4 Å². The lowest BCUT2D eigenvalue weighted by Crippen LogP contribution is -2.02. The predicted molar refractivity (Wildman–Crippen MR) is 205 cm³/mol. The van der Waals surface area contributed by atoms with E-state index in [2.05, 4.69) is 0 Å². The first kappa shape index (κ1) is 19.6. The average molecular weight is 655 g/mol. The minimum absolute atomic E-state index is 0.0105. The first-order chi connectivity index (χ1) is 28.9. The SMILES string of the molecule is [2H]c1c([2H])c([2H])c(-c2c([2H])c([2H])c([2H])c3sc4c([2H])c(-c5nc(-c6ccccc6-c6ccccc6)nc(-c6ccccc6-c6ccccc6)n5)c([2H])c([2H])c4c23)c([2H])c1[2H]. The van der Waals surface area contributed by atoms with E-state index in [9.17, 15) is 4.11 Å². The van der Waals surface area contributed by atoms with Gasteiger partial charge in [0.05, 0.1) is 15.1 Å². The molecule has 0 saturated carbocycles. The number of benzene rings is 7. The summed E-state index contributed by atoms with van der Waals surface area (Å²) in [4.78, 5) is 14.9. The molecule has 2 heterocycles. The fraction of sp³-hybridized carbons (Fsp3) is 0. The summed E-state index contributed by atoms with van der Waals surface area (Å²) in [6.45, 7) is 0. The molecule has 7 aromatic carbocycles. The Hall–Kier alpha value is -6.23. The molecule has 0 aliphatic rings. The predicted octanol–water partition coefficient (Wildman–Crippen LogP) is 12.2. The fourth-order valence-electron chi connectivity index (χ4n) is 5.95. The standard InChI is InChI=1S/C45H29N3S/c1-4-15-30(16-5-1)34-21-10-12-23-37(34)44-46-43(47-45(48-44)38-24-13-11-22-35(38)31-17-6-2-7-18-31)33-27-28-39-41(29-33)49-40-26-14-25-36(42(39)40)32-19-8-3-9-20-32/h1-29H/i3D,8D,9D,14D,19D,20D,25D,26D,27D,28D,29D. The highest BCUT2D eigenvalue weighted by Gasteiger charge is 2.19. The van der Waals surface area contributed by atoms with Gasteiger partial charge in [-0.25, -0.2) is 15.0 Å². The van der Waals surface area contributed by atoms with Crippen molar-refractivity contribution < 1.29 is 15.1 Å². The third kappa shape index (κ3) is 5.38. The molecule has 0 unspecified atom stereocenters. The lowest BCUT2D eigenvalue weighted by atomic mass is 9.98. The zero-order valence-electron chi connectivity index (χ0n) is 36.6. The van der Waals surface area contributed by atoms with Crippen LogP contribution in [0.2, 0.25) is 0 Å². The van der Waals surface area contributed by atoms with Crippen LogP contribution < -0.4 is 0 Å². The highest BCUT2D eigenvalue weighted by atomic mass is 32.1. The van der Waals surface area contributed by atoms with Crippen LogP contribution in [-0.2, 0) is 0 Å². The van der Waals surface area contributed by atoms with Gasteiger partial charge >= 0.3 is 0 Å². The molecule has 3 nitrogen and oxygen atoms in total. The lowest BCUT2D eigenvalue weighted by molar-refractivity contribution is 1.08. The molecule has 0 bridgehead atoms. The van der Waals surface area contributed by atoms with Gasteiger partial charge in [0.15, 0.2) is 17.5 Å². The minimum atomic E-state index is -0.653. The Morgan fingerprint density at radius 1 is 0.388 bits per heavy atom. The summed E-state index contributed by atoms with van der Waals surface area (Å²) in [5.74, 6) is 0.463. The quantitative estimate of drug-likeness (QED) is 0.179. The van der Waals surface area contributed by atoms with Crippen molar-refractivity contribution in [2.45, 2.75) is 0 Å². The number of rotatable bonds is 6. The smallest absolute Gasteiger partial charge is 0.164 e. The molecule has 49 heavy (non-hydrogen) atoms. The van der Waals surface area contributed by atoms with E-state index >= 15 is 0 Å². The molecule has 0 atom stereocenters. The van der Waals surface area contributed by atoms with E-state index in [4.69, 9.17) is 25.9 Å². The van der Waals surface area contributed by atoms with Gasteiger partial charge in [-0.2, -0.15) is 0 Å². The second-order valence-electron chi connectivity index (χ2n) is 11.1. The Kier molecular flexibility index (Phi) is 4.96. The van der Waals surface area contributed by atoms with Crippen molar-refractivity contribution in [1.29, 1.82) is 0 Å². The van der Waals surface area contributed by atoms with Crippen molar-refractivity contribution in [3.8, 4) is 67.5 Å². The van der Waals surface area contributed by atoms with Gasteiger partial charge in [-0.05, 0) is 45.5 Å². The first-order valence-corrected chi connectivity index (χ1v) is 16.3. The Morgan fingerprint density at radius 3 is 1.55 bits per heavy atom. The van der Waals surface area contributed by atoms with Crippen molar-refractivity contribution in [2.24, 2.45) is 0 Å². The molecule has 2 aromatic heterocycles. The zero-order chi connectivity index (χ0) is 42.1. The van der Waals surface area contributed by atoms with Gasteiger partial charge in [0, 0.05) is 36.9 Å². The Morgan fingerprint density at radius 2 is 0.939 bits per heavy atom. The second kappa shape index (κ2) is 12.4. The monoisotopic (exact) mass is 654 g/mol. The summed E-state index contributed by atoms with van der Waals surface area (Å²) in [6.07, 6.45) is 0. The molecule has 4 heteroatoms. The zero-order valence-corrected chi connectivity index (χ0v) is 26.5. The molecule has 0 spiro atoms. The number of thiophene rings is 1. The first-order valence-electron chi connectivity index (χ1n) is 21.0. The molecule has 9 rings (SSSR count). The van der Waals surface area contributed by atoms with E-state index in [1.165, 1.54) is 0 Å². The largest absolute Gasteiger partial charge is 0.208 e. The maximum Gasteiger partial charge on any atom is 0.164 e. The molecular formula is C45H29N3S. The normalized spacial score (nSPS) is 14.4. The van der Waals surface area contributed by atoms with Gasteiger partial charge in [0.2, 0.25) is 0 Å². The van der Waals surface area contributed by atoms with Crippen molar-refractivity contribution in [3.63, 3.8) is 0 Å². The van der Waals surface area contributed by atoms with E-state index in [1.54, 1.807) is 0 Å². The van der Waals surface area contributed by atoms with Gasteiger partial charge in [0.25, 0.3) is 0 Å². The van der Waals surface area contributed by atoms with Crippen LogP contribution in [0.3, 0.4) is 0 Å². The van der Waals surface area contributed by atoms with Gasteiger partial charge in [-0.1, -0.05) is 164 Å². The Bertz CT molecular complexity index is 3100. The number of fused-ring (bicyclic) bond motifs is 3. The third-order valence-corrected chi connectivity index (χ3v) is 9.21. The third-order valence-electron chi connectivity index (χ3n) is 8.19. The Labute approximate surface area is 304 Å². The van der Waals surface area contributed by atoms with Crippen LogP contribution in [0.4, 0.5) is 0 Å². The van der Waals surface area contributed by atoms with Gasteiger partial charge in [0.1, 0.15) is 0 Å². The summed E-state index contributed by atoms with van der Waals surface area (Å²) in [7, 11) is 0. The second-order valence-corrected chi connectivity index (χ2v) is 12.2. The van der Waals surface area contributed by atoms with E-state index in [0.717, 1.165) is 33.6 Å². The summed E-state index contributed by atoms with van der Waals surface area (Å²) in [6, 6.07) is 28.9. The van der Waals surface area contributed by atoms with Crippen LogP contribution in [0.5, 0.6) is 0 Å². The topological polar surface area (TPSA) is 38.7 Å². The lowest BCUT2D eigenvalue weighted by Gasteiger charge is -2.14. The molecule has 0 amide bonds. The van der Waals surface area contributed by atoms with Crippen molar-refractivity contribution in [1.82, 2.24) is 15.0 Å². The van der Waals surface area contributed by atoms with E-state index in [1.807, 2.05) is 109 Å². The van der Waals surface area contributed by atoms with E-state index < -0.39 is 54.4 Å². The van der Waals surface area contributed by atoms with Crippen LogP contribution in [0.15, 0.2) is 176 Å². The van der Waals surface area contributed by atoms with Gasteiger partial charge in [-0.3, -0.25) is 0 Å². The molecule has 0 aliphatic carbocycles. The molecule has 0 saturated heterocycles. The average Bonchev–Trinajstić information content (AvgIpc) is 3.69. The summed E-state index contributed by atoms with van der Waals surface area (Å²) in [5, 5.41) is -0.0282. The van der Waals surface area contributed by atoms with Gasteiger partial charge in [-0.15, -0.1) is 11.3 Å². The Balaban J connectivity index is 1.37. The summed E-state index contributed by atoms with van der Waals surface area (Å²) < 4.78 is 97.6. The number of hydrogen-bond donors (Lipinski definition) is 0. The molecule has 0 aliphatic heterocycles. The highest BCUT2D eigenvalue weighted by Crippen LogP contribution is 2.42. The van der Waals surface area contributed by atoms with Crippen molar-refractivity contribution in [2.75, 3.05) is 0 Å². The van der Waals surface area contributed by atoms with Crippen LogP contribution >= 0.6 is 11.3 Å². The number of hydrogen-bond acceptors (Lipinski definition) is 4. The van der Waals surface area contributed by atoms with Crippen LogP contribution in [0.1, 0.15) is 15.1 Å². The van der Waals surface area contributed by atoms with Gasteiger partial charge < -0.3 is 0 Å². The summed E-state index contributed by atoms with van der Waals surface area (Å²) in [5.41, 5.74) is 4.09. The van der Waals surface area contributed by atoms with Crippen LogP contribution in [0, 0.1) is 0 Å². The molecule has 0 fully saturated rings. The van der Waals surface area contributed by atoms with Crippen molar-refractivity contribution in [3.05, 3.63) is 176 Å². The molecule has 230 valence electrons. The van der Waals surface area contributed by atoms with Crippen LogP contribution in [-0.4, -0.2) is 15.0 Å². The van der Waals surface area contributed by atoms with Crippen LogP contribution in [0.25, 0.3) is 87.7 Å². The van der Waals surface area contributed by atoms with E-state index in [0.29, 0.717) is 11.1 Å². The molecule has 9 aromatic rings. The minimum Gasteiger partial charge on any atom is -0.208 e. The maximum atomic E-state index is 9.68.